The minimum absolute atomic E-state index is 0.0591. The summed E-state index contributed by atoms with van der Waals surface area (Å²) in [5, 5.41) is 5.76. The van der Waals surface area contributed by atoms with E-state index in [2.05, 4.69) is 35.6 Å². The minimum atomic E-state index is -0.0591. The second kappa shape index (κ2) is 6.48. The molecule has 1 N–H and O–H groups in total. The van der Waals surface area contributed by atoms with Crippen molar-refractivity contribution >= 4 is 16.6 Å². The second-order valence-electron chi connectivity index (χ2n) is 4.82. The van der Waals surface area contributed by atoms with Gasteiger partial charge < -0.3 is 5.32 Å². The largest absolute Gasteiger partial charge is 0.307 e. The second-order valence-corrected chi connectivity index (χ2v) is 4.82. The summed E-state index contributed by atoms with van der Waals surface area (Å²) >= 11 is 0. The number of benzene rings is 2. The molecule has 0 aromatic heterocycles. The number of likely N-dealkylation sites (N-methyl/N-ethyl adjacent to an activating group) is 1. The van der Waals surface area contributed by atoms with Crippen molar-refractivity contribution in [2.75, 3.05) is 6.54 Å². The van der Waals surface area contributed by atoms with Gasteiger partial charge in [-0.05, 0) is 29.3 Å². The molecule has 0 heterocycles. The first-order valence-corrected chi connectivity index (χ1v) is 6.98. The molecule has 0 fully saturated rings. The zero-order valence-corrected chi connectivity index (χ0v) is 11.6. The first-order chi connectivity index (χ1) is 9.24. The topological polar surface area (TPSA) is 29.1 Å². The lowest BCUT2D eigenvalue weighted by Crippen LogP contribution is -2.38. The van der Waals surface area contributed by atoms with Gasteiger partial charge in [0.15, 0.2) is 0 Å². The van der Waals surface area contributed by atoms with Crippen LogP contribution in [0.25, 0.3) is 10.8 Å². The minimum Gasteiger partial charge on any atom is -0.307 e. The molecule has 0 aliphatic carbocycles. The van der Waals surface area contributed by atoms with Crippen LogP contribution in [0.5, 0.6) is 0 Å². The SMILES string of the molecule is CCNC(Cc1ccc2ccccc2c1)C(=O)CC. The number of fused-ring (bicyclic) bond motifs is 1. The average Bonchev–Trinajstić information content (AvgIpc) is 2.46. The van der Waals surface area contributed by atoms with Crippen LogP contribution in [-0.4, -0.2) is 18.4 Å². The summed E-state index contributed by atoms with van der Waals surface area (Å²) in [6.07, 6.45) is 1.36. The fourth-order valence-electron chi connectivity index (χ4n) is 2.39. The molecule has 19 heavy (non-hydrogen) atoms. The van der Waals surface area contributed by atoms with Gasteiger partial charge in [0.25, 0.3) is 0 Å². The molecule has 0 bridgehead atoms. The molecule has 2 aromatic carbocycles. The lowest BCUT2D eigenvalue weighted by molar-refractivity contribution is -0.120. The van der Waals surface area contributed by atoms with Gasteiger partial charge in [0, 0.05) is 6.42 Å². The molecular formula is C17H21NO. The standard InChI is InChI=1S/C17H21NO/c1-3-17(19)16(18-4-2)12-13-9-10-14-7-5-6-8-15(14)11-13/h5-11,16,18H,3-4,12H2,1-2H3. The highest BCUT2D eigenvalue weighted by molar-refractivity contribution is 5.85. The van der Waals surface area contributed by atoms with Gasteiger partial charge in [0.05, 0.1) is 6.04 Å². The molecule has 0 aliphatic heterocycles. The Labute approximate surface area is 114 Å². The molecule has 0 saturated heterocycles. The monoisotopic (exact) mass is 255 g/mol. The van der Waals surface area contributed by atoms with Crippen molar-refractivity contribution in [1.29, 1.82) is 0 Å². The summed E-state index contributed by atoms with van der Waals surface area (Å²) in [5.41, 5.74) is 1.21. The number of nitrogens with one attached hydrogen (secondary N) is 1. The van der Waals surface area contributed by atoms with Crippen molar-refractivity contribution < 1.29 is 4.79 Å². The summed E-state index contributed by atoms with van der Waals surface area (Å²) < 4.78 is 0. The highest BCUT2D eigenvalue weighted by Gasteiger charge is 2.15. The van der Waals surface area contributed by atoms with Crippen LogP contribution in [0.15, 0.2) is 42.5 Å². The number of Topliss-reactive ketones (excluding diaryl/α,β-unsaturated/α-hetero) is 1. The Morgan fingerprint density at radius 3 is 2.53 bits per heavy atom. The molecule has 1 unspecified atom stereocenters. The van der Waals surface area contributed by atoms with E-state index in [0.29, 0.717) is 6.42 Å². The molecule has 2 aromatic rings. The summed E-state index contributed by atoms with van der Waals surface area (Å²) in [6.45, 7) is 4.79. The van der Waals surface area contributed by atoms with Crippen LogP contribution in [0.4, 0.5) is 0 Å². The fraction of sp³-hybridized carbons (Fsp3) is 0.353. The first kappa shape index (κ1) is 13.8. The normalized spacial score (nSPS) is 12.5. The van der Waals surface area contributed by atoms with E-state index in [1.54, 1.807) is 0 Å². The molecule has 1 atom stereocenters. The highest BCUT2D eigenvalue weighted by Crippen LogP contribution is 2.17. The van der Waals surface area contributed by atoms with Gasteiger partial charge >= 0.3 is 0 Å². The summed E-state index contributed by atoms with van der Waals surface area (Å²) in [4.78, 5) is 11.9. The van der Waals surface area contributed by atoms with Crippen LogP contribution < -0.4 is 5.32 Å². The van der Waals surface area contributed by atoms with Gasteiger partial charge in [-0.15, -0.1) is 0 Å². The number of ketones is 1. The Kier molecular flexibility index (Phi) is 4.69. The lowest BCUT2D eigenvalue weighted by Gasteiger charge is -2.16. The zero-order valence-electron chi connectivity index (χ0n) is 11.6. The van der Waals surface area contributed by atoms with Crippen molar-refractivity contribution in [2.24, 2.45) is 0 Å². The smallest absolute Gasteiger partial charge is 0.149 e. The first-order valence-electron chi connectivity index (χ1n) is 6.98. The van der Waals surface area contributed by atoms with Gasteiger partial charge in [-0.25, -0.2) is 0 Å². The summed E-state index contributed by atoms with van der Waals surface area (Å²) in [5.74, 6) is 0.287. The van der Waals surface area contributed by atoms with E-state index >= 15 is 0 Å². The van der Waals surface area contributed by atoms with E-state index < -0.39 is 0 Å². The van der Waals surface area contributed by atoms with Gasteiger partial charge in [0.1, 0.15) is 5.78 Å². The van der Waals surface area contributed by atoms with E-state index in [0.717, 1.165) is 13.0 Å². The molecule has 0 spiro atoms. The number of hydrogen-bond donors (Lipinski definition) is 1. The number of hydrogen-bond acceptors (Lipinski definition) is 2. The van der Waals surface area contributed by atoms with Gasteiger partial charge in [-0.2, -0.15) is 0 Å². The van der Waals surface area contributed by atoms with E-state index in [1.807, 2.05) is 26.0 Å². The van der Waals surface area contributed by atoms with Crippen LogP contribution >= 0.6 is 0 Å². The van der Waals surface area contributed by atoms with Gasteiger partial charge in [-0.1, -0.05) is 56.3 Å². The maximum absolute atomic E-state index is 11.9. The summed E-state index contributed by atoms with van der Waals surface area (Å²) in [6, 6.07) is 14.7. The third-order valence-corrected chi connectivity index (χ3v) is 3.44. The van der Waals surface area contributed by atoms with E-state index in [-0.39, 0.29) is 11.8 Å². The Morgan fingerprint density at radius 1 is 1.11 bits per heavy atom. The number of carbonyl (C=O) groups is 1. The van der Waals surface area contributed by atoms with Crippen molar-refractivity contribution in [2.45, 2.75) is 32.7 Å². The Hall–Kier alpha value is -1.67. The molecule has 0 amide bonds. The van der Waals surface area contributed by atoms with Crippen LogP contribution in [0.3, 0.4) is 0 Å². The third-order valence-electron chi connectivity index (χ3n) is 3.44. The van der Waals surface area contributed by atoms with Gasteiger partial charge in [-0.3, -0.25) is 4.79 Å². The Morgan fingerprint density at radius 2 is 1.84 bits per heavy atom. The van der Waals surface area contributed by atoms with E-state index in [1.165, 1.54) is 16.3 Å². The Bertz CT molecular complexity index is 562. The number of rotatable bonds is 6. The highest BCUT2D eigenvalue weighted by atomic mass is 16.1. The molecular weight excluding hydrogens is 234 g/mol. The predicted molar refractivity (Wildman–Crippen MR) is 80.4 cm³/mol. The van der Waals surface area contributed by atoms with Crippen LogP contribution in [0, 0.1) is 0 Å². The van der Waals surface area contributed by atoms with Crippen molar-refractivity contribution in [1.82, 2.24) is 5.32 Å². The van der Waals surface area contributed by atoms with Gasteiger partial charge in [0.2, 0.25) is 0 Å². The average molecular weight is 255 g/mol. The molecule has 0 aliphatic rings. The predicted octanol–water partition coefficient (Wildman–Crippen LogP) is 3.34. The molecule has 0 radical (unpaired) electrons. The molecule has 100 valence electrons. The third kappa shape index (κ3) is 3.42. The molecule has 2 nitrogen and oxygen atoms in total. The van der Waals surface area contributed by atoms with E-state index in [4.69, 9.17) is 0 Å². The van der Waals surface area contributed by atoms with Crippen LogP contribution in [0.2, 0.25) is 0 Å². The quantitative estimate of drug-likeness (QED) is 0.857. The van der Waals surface area contributed by atoms with Crippen molar-refractivity contribution in [3.8, 4) is 0 Å². The lowest BCUT2D eigenvalue weighted by atomic mass is 9.98. The number of carbonyl (C=O) groups excluding carboxylic acids is 1. The fourth-order valence-corrected chi connectivity index (χ4v) is 2.39. The maximum Gasteiger partial charge on any atom is 0.149 e. The zero-order chi connectivity index (χ0) is 13.7. The molecule has 0 saturated carbocycles. The maximum atomic E-state index is 11.9. The Balaban J connectivity index is 2.21. The van der Waals surface area contributed by atoms with Crippen molar-refractivity contribution in [3.63, 3.8) is 0 Å². The molecule has 2 heteroatoms. The summed E-state index contributed by atoms with van der Waals surface area (Å²) in [7, 11) is 0. The van der Waals surface area contributed by atoms with E-state index in [9.17, 15) is 4.79 Å². The molecule has 2 rings (SSSR count). The van der Waals surface area contributed by atoms with Crippen molar-refractivity contribution in [3.05, 3.63) is 48.0 Å². The van der Waals surface area contributed by atoms with Crippen LogP contribution in [0.1, 0.15) is 25.8 Å². The van der Waals surface area contributed by atoms with Crippen LogP contribution in [-0.2, 0) is 11.2 Å².